The first kappa shape index (κ1) is 14.0. The Balaban J connectivity index is 2.24. The fourth-order valence-corrected chi connectivity index (χ4v) is 2.28. The summed E-state index contributed by atoms with van der Waals surface area (Å²) < 4.78 is 11.3. The van der Waals surface area contributed by atoms with Gasteiger partial charge >= 0.3 is 5.97 Å². The van der Waals surface area contributed by atoms with Gasteiger partial charge in [0.1, 0.15) is 6.10 Å². The van der Waals surface area contributed by atoms with E-state index in [1.165, 1.54) is 0 Å². The summed E-state index contributed by atoms with van der Waals surface area (Å²) in [7, 11) is 0. The third-order valence-electron chi connectivity index (χ3n) is 3.15. The lowest BCUT2D eigenvalue weighted by Crippen LogP contribution is -2.21. The van der Waals surface area contributed by atoms with Gasteiger partial charge in [0, 0.05) is 6.04 Å². The maximum Gasteiger partial charge on any atom is 0.305 e. The lowest BCUT2D eigenvalue weighted by molar-refractivity contribution is -0.139. The number of benzene rings is 1. The van der Waals surface area contributed by atoms with E-state index in [1.807, 2.05) is 38.1 Å². The fraction of sp³-hybridized carbons (Fsp3) is 0.500. The third kappa shape index (κ3) is 3.32. The van der Waals surface area contributed by atoms with Crippen molar-refractivity contribution in [2.45, 2.75) is 38.2 Å². The molecule has 2 rings (SSSR count). The van der Waals surface area contributed by atoms with E-state index in [1.54, 1.807) is 0 Å². The molecule has 0 aliphatic carbocycles. The Morgan fingerprint density at radius 1 is 1.53 bits per heavy atom. The van der Waals surface area contributed by atoms with Gasteiger partial charge in [-0.1, -0.05) is 24.3 Å². The number of aliphatic carboxylic acids is 1. The van der Waals surface area contributed by atoms with Gasteiger partial charge in [0.2, 0.25) is 0 Å². The molecule has 0 amide bonds. The van der Waals surface area contributed by atoms with E-state index in [0.717, 1.165) is 11.1 Å². The van der Waals surface area contributed by atoms with Crippen molar-refractivity contribution in [1.82, 2.24) is 0 Å². The van der Waals surface area contributed by atoms with Crippen LogP contribution in [0.3, 0.4) is 0 Å². The highest BCUT2D eigenvalue weighted by Gasteiger charge is 2.35. The molecule has 104 valence electrons. The molecule has 0 bridgehead atoms. The number of hydrogen-bond donors (Lipinski definition) is 2. The van der Waals surface area contributed by atoms with Gasteiger partial charge in [0.15, 0.2) is 5.79 Å². The normalized spacial score (nSPS) is 23.2. The molecule has 19 heavy (non-hydrogen) atoms. The predicted octanol–water partition coefficient (Wildman–Crippen LogP) is 1.99. The first-order chi connectivity index (χ1) is 8.89. The van der Waals surface area contributed by atoms with Crippen molar-refractivity contribution in [3.8, 4) is 0 Å². The van der Waals surface area contributed by atoms with Crippen molar-refractivity contribution in [2.75, 3.05) is 6.61 Å². The van der Waals surface area contributed by atoms with E-state index in [2.05, 4.69) is 0 Å². The number of nitrogens with two attached hydrogens (primary N) is 1. The topological polar surface area (TPSA) is 81.8 Å². The summed E-state index contributed by atoms with van der Waals surface area (Å²) >= 11 is 0. The van der Waals surface area contributed by atoms with Gasteiger partial charge in [-0.15, -0.1) is 0 Å². The summed E-state index contributed by atoms with van der Waals surface area (Å²) in [5.74, 6) is -1.53. The zero-order valence-electron chi connectivity index (χ0n) is 11.1. The van der Waals surface area contributed by atoms with Gasteiger partial charge in [0.05, 0.1) is 13.0 Å². The van der Waals surface area contributed by atoms with Gasteiger partial charge in [-0.05, 0) is 25.0 Å². The van der Waals surface area contributed by atoms with Crippen LogP contribution < -0.4 is 5.73 Å². The van der Waals surface area contributed by atoms with Gasteiger partial charge < -0.3 is 20.3 Å². The lowest BCUT2D eigenvalue weighted by Gasteiger charge is -2.20. The van der Waals surface area contributed by atoms with Crippen molar-refractivity contribution in [3.05, 3.63) is 35.4 Å². The Bertz CT molecular complexity index is 472. The van der Waals surface area contributed by atoms with Crippen LogP contribution in [0.15, 0.2) is 24.3 Å². The van der Waals surface area contributed by atoms with Crippen LogP contribution in [-0.2, 0) is 14.3 Å². The second kappa shape index (κ2) is 5.28. The molecule has 2 unspecified atom stereocenters. The van der Waals surface area contributed by atoms with Gasteiger partial charge in [-0.2, -0.15) is 0 Å². The molecule has 1 saturated heterocycles. The Kier molecular flexibility index (Phi) is 3.89. The smallest absolute Gasteiger partial charge is 0.305 e. The van der Waals surface area contributed by atoms with E-state index < -0.39 is 17.8 Å². The first-order valence-electron chi connectivity index (χ1n) is 6.27. The molecule has 5 nitrogen and oxygen atoms in total. The van der Waals surface area contributed by atoms with Gasteiger partial charge in [-0.3, -0.25) is 4.79 Å². The van der Waals surface area contributed by atoms with Crippen molar-refractivity contribution in [2.24, 2.45) is 5.73 Å². The minimum Gasteiger partial charge on any atom is -0.481 e. The maximum absolute atomic E-state index is 10.8. The molecule has 1 aliphatic heterocycles. The number of carboxylic acids is 1. The van der Waals surface area contributed by atoms with E-state index in [0.29, 0.717) is 6.61 Å². The maximum atomic E-state index is 10.8. The van der Waals surface area contributed by atoms with E-state index in [9.17, 15) is 4.79 Å². The van der Waals surface area contributed by atoms with Crippen LogP contribution in [0.5, 0.6) is 0 Å². The minimum atomic E-state index is -0.911. The number of carboxylic acid groups (broad SMARTS) is 1. The molecular formula is C14H19NO4. The average Bonchev–Trinajstić information content (AvgIpc) is 2.69. The van der Waals surface area contributed by atoms with E-state index in [-0.39, 0.29) is 12.5 Å². The van der Waals surface area contributed by atoms with Crippen molar-refractivity contribution < 1.29 is 19.4 Å². The number of rotatable bonds is 4. The Hall–Kier alpha value is -1.43. The highest BCUT2D eigenvalue weighted by Crippen LogP contribution is 2.35. The molecule has 1 heterocycles. The molecule has 1 fully saturated rings. The highest BCUT2D eigenvalue weighted by atomic mass is 16.7. The van der Waals surface area contributed by atoms with Crippen molar-refractivity contribution >= 4 is 5.97 Å². The van der Waals surface area contributed by atoms with E-state index in [4.69, 9.17) is 20.3 Å². The van der Waals surface area contributed by atoms with Crippen LogP contribution in [-0.4, -0.2) is 23.5 Å². The molecule has 0 aromatic heterocycles. The quantitative estimate of drug-likeness (QED) is 0.870. The first-order valence-corrected chi connectivity index (χ1v) is 6.27. The molecule has 1 aliphatic rings. The monoisotopic (exact) mass is 265 g/mol. The summed E-state index contributed by atoms with van der Waals surface area (Å²) in [5.41, 5.74) is 7.66. The second-order valence-corrected chi connectivity index (χ2v) is 5.15. The SMILES string of the molecule is CC1(C)OCC(c2ccccc2C(N)CC(=O)O)O1. The Morgan fingerprint density at radius 2 is 2.21 bits per heavy atom. The summed E-state index contributed by atoms with van der Waals surface area (Å²) in [6, 6.07) is 6.95. The number of carbonyl (C=O) groups is 1. The molecule has 0 radical (unpaired) electrons. The molecule has 2 atom stereocenters. The summed E-state index contributed by atoms with van der Waals surface area (Å²) in [6.07, 6.45) is -0.306. The standard InChI is InChI=1S/C14H19NO4/c1-14(2)18-8-12(19-14)10-6-4-3-5-9(10)11(15)7-13(16)17/h3-6,11-12H,7-8,15H2,1-2H3,(H,16,17). The van der Waals surface area contributed by atoms with Gasteiger partial charge in [-0.25, -0.2) is 0 Å². The molecule has 1 aromatic rings. The zero-order valence-corrected chi connectivity index (χ0v) is 11.1. The van der Waals surface area contributed by atoms with Crippen LogP contribution in [0, 0.1) is 0 Å². The summed E-state index contributed by atoms with van der Waals surface area (Å²) in [5, 5.41) is 8.85. The summed E-state index contributed by atoms with van der Waals surface area (Å²) in [6.45, 7) is 4.16. The zero-order chi connectivity index (χ0) is 14.0. The van der Waals surface area contributed by atoms with Crippen molar-refractivity contribution in [3.63, 3.8) is 0 Å². The molecule has 0 spiro atoms. The van der Waals surface area contributed by atoms with Crippen LogP contribution in [0.25, 0.3) is 0 Å². The number of ether oxygens (including phenoxy) is 2. The van der Waals surface area contributed by atoms with Crippen LogP contribution in [0.2, 0.25) is 0 Å². The predicted molar refractivity (Wildman–Crippen MR) is 69.5 cm³/mol. The average molecular weight is 265 g/mol. The molecule has 3 N–H and O–H groups in total. The second-order valence-electron chi connectivity index (χ2n) is 5.15. The Morgan fingerprint density at radius 3 is 2.79 bits per heavy atom. The third-order valence-corrected chi connectivity index (χ3v) is 3.15. The lowest BCUT2D eigenvalue weighted by atomic mass is 9.95. The van der Waals surface area contributed by atoms with Crippen molar-refractivity contribution in [1.29, 1.82) is 0 Å². The molecular weight excluding hydrogens is 246 g/mol. The minimum absolute atomic E-state index is 0.103. The molecule has 1 aromatic carbocycles. The van der Waals surface area contributed by atoms with Crippen LogP contribution in [0.1, 0.15) is 43.5 Å². The highest BCUT2D eigenvalue weighted by molar-refractivity contribution is 5.68. The van der Waals surface area contributed by atoms with Crippen LogP contribution in [0.4, 0.5) is 0 Å². The largest absolute Gasteiger partial charge is 0.481 e. The van der Waals surface area contributed by atoms with E-state index >= 15 is 0 Å². The van der Waals surface area contributed by atoms with Crippen LogP contribution >= 0.6 is 0 Å². The fourth-order valence-electron chi connectivity index (χ4n) is 2.28. The summed E-state index contributed by atoms with van der Waals surface area (Å²) in [4.78, 5) is 10.8. The Labute approximate surface area is 112 Å². The van der Waals surface area contributed by atoms with Gasteiger partial charge in [0.25, 0.3) is 0 Å². The molecule has 5 heteroatoms. The molecule has 0 saturated carbocycles. The number of hydrogen-bond acceptors (Lipinski definition) is 4.